The summed E-state index contributed by atoms with van der Waals surface area (Å²) in [6.45, 7) is 3.85. The number of carbonyl (C=O) groups is 1. The van der Waals surface area contributed by atoms with E-state index in [0.717, 1.165) is 32.5 Å². The summed E-state index contributed by atoms with van der Waals surface area (Å²) >= 11 is 0. The summed E-state index contributed by atoms with van der Waals surface area (Å²) in [5, 5.41) is 10.9. The predicted octanol–water partition coefficient (Wildman–Crippen LogP) is 3.11. The van der Waals surface area contributed by atoms with Crippen molar-refractivity contribution in [3.8, 4) is 0 Å². The number of likely N-dealkylation sites (tertiary alicyclic amines) is 1. The first-order chi connectivity index (χ1) is 14.7. The van der Waals surface area contributed by atoms with Gasteiger partial charge in [0.1, 0.15) is 5.82 Å². The Labute approximate surface area is 175 Å². The van der Waals surface area contributed by atoms with E-state index in [2.05, 4.69) is 44.8 Å². The maximum atomic E-state index is 13.8. The second kappa shape index (κ2) is 9.63. The van der Waals surface area contributed by atoms with Gasteiger partial charge in [-0.25, -0.2) is 9.07 Å². The van der Waals surface area contributed by atoms with Gasteiger partial charge < -0.3 is 5.32 Å². The second-order valence-corrected chi connectivity index (χ2v) is 7.83. The smallest absolute Gasteiger partial charge is 0.273 e. The molecular formula is C23H26FN5O. The number of carbonyl (C=O) groups excluding carboxylic acids is 1. The van der Waals surface area contributed by atoms with Gasteiger partial charge in [0, 0.05) is 25.2 Å². The molecule has 1 N–H and O–H groups in total. The van der Waals surface area contributed by atoms with E-state index in [1.165, 1.54) is 16.3 Å². The molecule has 0 unspecified atom stereocenters. The van der Waals surface area contributed by atoms with Gasteiger partial charge in [0.25, 0.3) is 5.91 Å². The summed E-state index contributed by atoms with van der Waals surface area (Å²) in [6.07, 6.45) is 3.79. The van der Waals surface area contributed by atoms with E-state index in [9.17, 15) is 9.18 Å². The van der Waals surface area contributed by atoms with Gasteiger partial charge in [-0.3, -0.25) is 9.69 Å². The lowest BCUT2D eigenvalue weighted by atomic mass is 9.97. The van der Waals surface area contributed by atoms with Crippen LogP contribution in [-0.2, 0) is 13.1 Å². The van der Waals surface area contributed by atoms with Crippen molar-refractivity contribution < 1.29 is 9.18 Å². The fraction of sp³-hybridized carbons (Fsp3) is 0.348. The number of nitrogens with zero attached hydrogens (tertiary/aromatic N) is 4. The number of halogens is 1. The SMILES string of the molecule is O=C(NC[C@@H]1CCCN(Cc2ccccc2)C1)c1cn(Cc2ccccc2F)nn1. The zero-order chi connectivity index (χ0) is 20.8. The third-order valence-corrected chi connectivity index (χ3v) is 5.46. The molecule has 1 fully saturated rings. The molecule has 7 heteroatoms. The standard InChI is InChI=1S/C23H26FN5O/c24-21-11-5-4-10-20(21)16-29-17-22(26-27-29)23(30)25-13-19-9-6-12-28(15-19)14-18-7-2-1-3-8-18/h1-5,7-8,10-11,17,19H,6,9,12-16H2,(H,25,30)/t19-/m0/s1. The Morgan fingerprint density at radius 1 is 1.10 bits per heavy atom. The lowest BCUT2D eigenvalue weighted by Gasteiger charge is -2.32. The molecule has 1 aliphatic heterocycles. The van der Waals surface area contributed by atoms with E-state index >= 15 is 0 Å². The van der Waals surface area contributed by atoms with Gasteiger partial charge in [-0.1, -0.05) is 53.7 Å². The van der Waals surface area contributed by atoms with Crippen molar-refractivity contribution >= 4 is 5.91 Å². The number of hydrogen-bond donors (Lipinski definition) is 1. The molecule has 2 heterocycles. The van der Waals surface area contributed by atoms with Crippen molar-refractivity contribution in [2.45, 2.75) is 25.9 Å². The Hall–Kier alpha value is -3.06. The molecule has 2 aromatic carbocycles. The van der Waals surface area contributed by atoms with Gasteiger partial charge >= 0.3 is 0 Å². The Morgan fingerprint density at radius 2 is 1.90 bits per heavy atom. The van der Waals surface area contributed by atoms with Crippen molar-refractivity contribution in [3.05, 3.63) is 83.4 Å². The predicted molar refractivity (Wildman–Crippen MR) is 112 cm³/mol. The molecule has 6 nitrogen and oxygen atoms in total. The fourth-order valence-electron chi connectivity index (χ4n) is 3.91. The van der Waals surface area contributed by atoms with Crippen LogP contribution in [0, 0.1) is 11.7 Å². The van der Waals surface area contributed by atoms with Crippen molar-refractivity contribution in [3.63, 3.8) is 0 Å². The highest BCUT2D eigenvalue weighted by Crippen LogP contribution is 2.18. The Morgan fingerprint density at radius 3 is 2.73 bits per heavy atom. The third-order valence-electron chi connectivity index (χ3n) is 5.46. The average molecular weight is 407 g/mol. The number of amides is 1. The Bertz CT molecular complexity index is 974. The minimum atomic E-state index is -0.295. The quantitative estimate of drug-likeness (QED) is 0.654. The lowest BCUT2D eigenvalue weighted by molar-refractivity contribution is 0.0925. The third kappa shape index (κ3) is 5.30. The molecule has 30 heavy (non-hydrogen) atoms. The molecule has 0 radical (unpaired) electrons. The molecule has 4 rings (SSSR count). The first-order valence-corrected chi connectivity index (χ1v) is 10.4. The minimum Gasteiger partial charge on any atom is -0.350 e. The van der Waals surface area contributed by atoms with E-state index < -0.39 is 0 Å². The largest absolute Gasteiger partial charge is 0.350 e. The van der Waals surface area contributed by atoms with Gasteiger partial charge in [-0.15, -0.1) is 5.10 Å². The highest BCUT2D eigenvalue weighted by molar-refractivity contribution is 5.91. The normalized spacial score (nSPS) is 17.0. The van der Waals surface area contributed by atoms with Crippen LogP contribution in [0.2, 0.25) is 0 Å². The highest BCUT2D eigenvalue weighted by atomic mass is 19.1. The number of aromatic nitrogens is 3. The van der Waals surface area contributed by atoms with Crippen LogP contribution < -0.4 is 5.32 Å². The maximum Gasteiger partial charge on any atom is 0.273 e. The van der Waals surface area contributed by atoms with E-state index in [0.29, 0.717) is 18.0 Å². The molecule has 1 amide bonds. The van der Waals surface area contributed by atoms with E-state index in [-0.39, 0.29) is 24.0 Å². The molecule has 156 valence electrons. The number of rotatable bonds is 7. The molecule has 1 aliphatic rings. The van der Waals surface area contributed by atoms with Crippen molar-refractivity contribution in [1.29, 1.82) is 0 Å². The molecule has 0 bridgehead atoms. The first kappa shape index (κ1) is 20.2. The van der Waals surface area contributed by atoms with Gasteiger partial charge in [0.15, 0.2) is 5.69 Å². The van der Waals surface area contributed by atoms with Gasteiger partial charge in [-0.2, -0.15) is 0 Å². The molecule has 0 spiro atoms. The summed E-state index contributed by atoms with van der Waals surface area (Å²) in [7, 11) is 0. The van der Waals surface area contributed by atoms with Crippen LogP contribution in [0.5, 0.6) is 0 Å². The summed E-state index contributed by atoms with van der Waals surface area (Å²) in [4.78, 5) is 14.9. The highest BCUT2D eigenvalue weighted by Gasteiger charge is 2.21. The molecule has 3 aromatic rings. The van der Waals surface area contributed by atoms with E-state index in [1.807, 2.05) is 6.07 Å². The van der Waals surface area contributed by atoms with Crippen molar-refractivity contribution in [1.82, 2.24) is 25.2 Å². The lowest BCUT2D eigenvalue weighted by Crippen LogP contribution is -2.40. The number of piperidine rings is 1. The summed E-state index contributed by atoms with van der Waals surface area (Å²) in [6, 6.07) is 17.0. The maximum absolute atomic E-state index is 13.8. The van der Waals surface area contributed by atoms with E-state index in [1.54, 1.807) is 24.4 Å². The van der Waals surface area contributed by atoms with Gasteiger partial charge in [-0.05, 0) is 36.9 Å². The molecule has 0 aliphatic carbocycles. The Balaban J connectivity index is 1.27. The first-order valence-electron chi connectivity index (χ1n) is 10.4. The minimum absolute atomic E-state index is 0.240. The molecule has 1 aromatic heterocycles. The number of benzene rings is 2. The van der Waals surface area contributed by atoms with Crippen LogP contribution in [0.25, 0.3) is 0 Å². The van der Waals surface area contributed by atoms with Crippen LogP contribution in [-0.4, -0.2) is 45.4 Å². The summed E-state index contributed by atoms with van der Waals surface area (Å²) in [5.41, 5.74) is 2.08. The zero-order valence-corrected chi connectivity index (χ0v) is 16.9. The zero-order valence-electron chi connectivity index (χ0n) is 16.9. The molecular weight excluding hydrogens is 381 g/mol. The van der Waals surface area contributed by atoms with Crippen molar-refractivity contribution in [2.75, 3.05) is 19.6 Å². The monoisotopic (exact) mass is 407 g/mol. The fourth-order valence-corrected chi connectivity index (χ4v) is 3.91. The van der Waals surface area contributed by atoms with Gasteiger partial charge in [0.2, 0.25) is 0 Å². The van der Waals surface area contributed by atoms with Gasteiger partial charge in [0.05, 0.1) is 12.7 Å². The number of nitrogens with one attached hydrogen (secondary N) is 1. The second-order valence-electron chi connectivity index (χ2n) is 7.83. The topological polar surface area (TPSA) is 63.1 Å². The van der Waals surface area contributed by atoms with Crippen LogP contribution in [0.3, 0.4) is 0 Å². The van der Waals surface area contributed by atoms with E-state index in [4.69, 9.17) is 0 Å². The van der Waals surface area contributed by atoms with Crippen LogP contribution >= 0.6 is 0 Å². The molecule has 1 saturated heterocycles. The number of hydrogen-bond acceptors (Lipinski definition) is 4. The van der Waals surface area contributed by atoms with Crippen LogP contribution in [0.4, 0.5) is 4.39 Å². The Kier molecular flexibility index (Phi) is 6.49. The van der Waals surface area contributed by atoms with Crippen LogP contribution in [0.15, 0.2) is 60.8 Å². The molecule has 1 atom stereocenters. The van der Waals surface area contributed by atoms with Crippen molar-refractivity contribution in [2.24, 2.45) is 5.92 Å². The molecule has 0 saturated carbocycles. The summed E-state index contributed by atoms with van der Waals surface area (Å²) in [5.74, 6) is -0.119. The summed E-state index contributed by atoms with van der Waals surface area (Å²) < 4.78 is 15.3. The van der Waals surface area contributed by atoms with Crippen LogP contribution in [0.1, 0.15) is 34.5 Å². The average Bonchev–Trinajstić information content (AvgIpc) is 3.23.